The quantitative estimate of drug-likeness (QED) is 0.790. The number of aromatic nitrogens is 2. The highest BCUT2D eigenvalue weighted by molar-refractivity contribution is 6.34. The Bertz CT molecular complexity index is 644. The number of H-pyrrole nitrogens is 1. The molecule has 0 aliphatic rings. The predicted octanol–water partition coefficient (Wildman–Crippen LogP) is 1.16. The average molecular weight is 257 g/mol. The molecule has 0 unspecified atom stereocenters. The van der Waals surface area contributed by atoms with Gasteiger partial charge in [0.1, 0.15) is 5.52 Å². The molecule has 6 nitrogen and oxygen atoms in total. The summed E-state index contributed by atoms with van der Waals surface area (Å²) in [6.45, 7) is 1.71. The Balaban J connectivity index is 2.75. The molecule has 2 aromatic rings. The molecule has 0 aromatic carbocycles. The van der Waals surface area contributed by atoms with Gasteiger partial charge in [-0.1, -0.05) is 11.6 Å². The van der Waals surface area contributed by atoms with E-state index < -0.39 is 22.8 Å². The summed E-state index contributed by atoms with van der Waals surface area (Å²) in [6, 6.07) is 1.49. The zero-order chi connectivity index (χ0) is 12.6. The number of esters is 1. The highest BCUT2D eigenvalue weighted by Crippen LogP contribution is 2.28. The van der Waals surface area contributed by atoms with Gasteiger partial charge in [0.05, 0.1) is 11.6 Å². The van der Waals surface area contributed by atoms with Crippen LogP contribution in [0.3, 0.4) is 0 Å². The third kappa shape index (κ3) is 1.76. The van der Waals surface area contributed by atoms with E-state index in [4.69, 9.17) is 11.6 Å². The number of halogens is 1. The number of aromatic hydroxyl groups is 1. The summed E-state index contributed by atoms with van der Waals surface area (Å²) in [6.07, 6.45) is 1.47. The maximum Gasteiger partial charge on any atom is 0.347 e. The number of ether oxygens (including phenoxy) is 1. The second-order valence-corrected chi connectivity index (χ2v) is 3.67. The van der Waals surface area contributed by atoms with Crippen molar-refractivity contribution in [2.75, 3.05) is 6.61 Å². The lowest BCUT2D eigenvalue weighted by atomic mass is 10.2. The number of nitrogens with one attached hydrogen (secondary N) is 1. The van der Waals surface area contributed by atoms with E-state index in [0.717, 1.165) is 0 Å². The van der Waals surface area contributed by atoms with Gasteiger partial charge in [0.2, 0.25) is 0 Å². The monoisotopic (exact) mass is 256 g/mol. The molecule has 0 radical (unpaired) electrons. The van der Waals surface area contributed by atoms with E-state index in [1.807, 2.05) is 0 Å². The minimum absolute atomic E-state index is 0.109. The summed E-state index contributed by atoms with van der Waals surface area (Å²) < 4.78 is 5.92. The largest absolute Gasteiger partial charge is 0.505 e. The highest BCUT2D eigenvalue weighted by Gasteiger charge is 2.21. The minimum atomic E-state index is -0.883. The zero-order valence-corrected chi connectivity index (χ0v) is 9.61. The minimum Gasteiger partial charge on any atom is -0.505 e. The molecule has 0 aliphatic carbocycles. The van der Waals surface area contributed by atoms with Crippen LogP contribution in [0.4, 0.5) is 0 Å². The summed E-state index contributed by atoms with van der Waals surface area (Å²) >= 11 is 5.83. The van der Waals surface area contributed by atoms with Gasteiger partial charge in [0, 0.05) is 6.20 Å². The lowest BCUT2D eigenvalue weighted by Gasteiger charge is -2.05. The molecule has 0 amide bonds. The van der Waals surface area contributed by atoms with Crippen molar-refractivity contribution >= 4 is 23.1 Å². The first kappa shape index (κ1) is 11.5. The van der Waals surface area contributed by atoms with Crippen LogP contribution in [0.25, 0.3) is 5.52 Å². The molecule has 0 saturated heterocycles. The zero-order valence-electron chi connectivity index (χ0n) is 8.86. The molecular weight excluding hydrogens is 248 g/mol. The number of aromatic amines is 1. The maximum absolute atomic E-state index is 11.6. The fourth-order valence-electron chi connectivity index (χ4n) is 1.51. The Kier molecular flexibility index (Phi) is 2.81. The first-order valence-corrected chi connectivity index (χ1v) is 5.23. The predicted molar refractivity (Wildman–Crippen MR) is 60.6 cm³/mol. The molecule has 2 N–H and O–H groups in total. The number of carbonyl (C=O) groups is 1. The normalized spacial score (nSPS) is 10.7. The molecular formula is C10H9ClN2O4. The number of rotatable bonds is 2. The van der Waals surface area contributed by atoms with E-state index in [-0.39, 0.29) is 17.1 Å². The molecule has 90 valence electrons. The van der Waals surface area contributed by atoms with Gasteiger partial charge in [0.25, 0.3) is 5.56 Å². The second-order valence-electron chi connectivity index (χ2n) is 3.27. The van der Waals surface area contributed by atoms with E-state index in [9.17, 15) is 14.7 Å². The first-order valence-electron chi connectivity index (χ1n) is 4.85. The SMILES string of the molecule is CCOC(=O)c1c(O)c2c(Cl)ccn2[nH]c1=O. The average Bonchev–Trinajstić information content (AvgIpc) is 2.60. The van der Waals surface area contributed by atoms with Crippen molar-refractivity contribution in [1.29, 1.82) is 0 Å². The summed E-state index contributed by atoms with van der Waals surface area (Å²) in [5.74, 6) is -1.37. The summed E-state index contributed by atoms with van der Waals surface area (Å²) in [5, 5.41) is 12.5. The van der Waals surface area contributed by atoms with Crippen LogP contribution in [0.15, 0.2) is 17.1 Å². The van der Waals surface area contributed by atoms with Crippen molar-refractivity contribution in [3.63, 3.8) is 0 Å². The van der Waals surface area contributed by atoms with Crippen molar-refractivity contribution < 1.29 is 14.6 Å². The molecule has 0 atom stereocenters. The third-order valence-corrected chi connectivity index (χ3v) is 2.53. The number of hydrogen-bond acceptors (Lipinski definition) is 4. The van der Waals surface area contributed by atoms with Gasteiger partial charge in [0.15, 0.2) is 11.3 Å². The second kappa shape index (κ2) is 4.14. The summed E-state index contributed by atoms with van der Waals surface area (Å²) in [4.78, 5) is 23.1. The maximum atomic E-state index is 11.6. The molecule has 2 rings (SSSR count). The Labute approximate surface area is 100 Å². The molecule has 2 heterocycles. The lowest BCUT2D eigenvalue weighted by molar-refractivity contribution is 0.0520. The van der Waals surface area contributed by atoms with Crippen LogP contribution in [0.1, 0.15) is 17.3 Å². The summed E-state index contributed by atoms with van der Waals surface area (Å²) in [5.41, 5.74) is -1.02. The van der Waals surface area contributed by atoms with Crippen LogP contribution in [-0.2, 0) is 4.74 Å². The number of fused-ring (bicyclic) bond motifs is 1. The van der Waals surface area contributed by atoms with Crippen molar-refractivity contribution in [2.24, 2.45) is 0 Å². The standard InChI is InChI=1S/C10H9ClN2O4/c1-2-17-10(16)6-8(14)7-5(11)3-4-13(7)12-9(6)15/h3-4,14H,2H2,1H3,(H,12,15). The van der Waals surface area contributed by atoms with Gasteiger partial charge >= 0.3 is 5.97 Å². The van der Waals surface area contributed by atoms with E-state index in [1.54, 1.807) is 6.92 Å². The van der Waals surface area contributed by atoms with E-state index in [1.165, 1.54) is 16.8 Å². The van der Waals surface area contributed by atoms with Gasteiger partial charge in [-0.2, -0.15) is 0 Å². The molecule has 7 heteroatoms. The van der Waals surface area contributed by atoms with Gasteiger partial charge in [-0.3, -0.25) is 14.4 Å². The van der Waals surface area contributed by atoms with E-state index in [2.05, 4.69) is 9.84 Å². The highest BCUT2D eigenvalue weighted by atomic mass is 35.5. The molecule has 17 heavy (non-hydrogen) atoms. The van der Waals surface area contributed by atoms with Crippen LogP contribution in [-0.4, -0.2) is 27.3 Å². The topological polar surface area (TPSA) is 83.8 Å². The van der Waals surface area contributed by atoms with Crippen LogP contribution in [0.2, 0.25) is 5.02 Å². The van der Waals surface area contributed by atoms with Gasteiger partial charge in [-0.05, 0) is 13.0 Å². The molecule has 0 spiro atoms. The smallest absolute Gasteiger partial charge is 0.347 e. The Morgan fingerprint density at radius 3 is 3.00 bits per heavy atom. The first-order chi connectivity index (χ1) is 8.06. The van der Waals surface area contributed by atoms with Crippen molar-refractivity contribution in [1.82, 2.24) is 9.61 Å². The summed E-state index contributed by atoms with van der Waals surface area (Å²) in [7, 11) is 0. The number of hydrogen-bond donors (Lipinski definition) is 2. The van der Waals surface area contributed by atoms with Crippen LogP contribution < -0.4 is 5.56 Å². The van der Waals surface area contributed by atoms with Crippen molar-refractivity contribution in [3.8, 4) is 5.75 Å². The molecule has 0 saturated carbocycles. The fraction of sp³-hybridized carbons (Fsp3) is 0.200. The van der Waals surface area contributed by atoms with Gasteiger partial charge in [-0.25, -0.2) is 4.79 Å². The van der Waals surface area contributed by atoms with Crippen molar-refractivity contribution in [3.05, 3.63) is 33.2 Å². The number of carbonyl (C=O) groups excluding carboxylic acids is 1. The van der Waals surface area contributed by atoms with Crippen LogP contribution in [0, 0.1) is 0 Å². The van der Waals surface area contributed by atoms with Crippen LogP contribution in [0.5, 0.6) is 5.75 Å². The molecule has 0 aliphatic heterocycles. The van der Waals surface area contributed by atoms with E-state index >= 15 is 0 Å². The fourth-order valence-corrected chi connectivity index (χ4v) is 1.75. The molecule has 0 fully saturated rings. The van der Waals surface area contributed by atoms with Gasteiger partial charge in [-0.15, -0.1) is 0 Å². The van der Waals surface area contributed by atoms with Crippen LogP contribution >= 0.6 is 11.6 Å². The lowest BCUT2D eigenvalue weighted by Crippen LogP contribution is -2.22. The van der Waals surface area contributed by atoms with Gasteiger partial charge < -0.3 is 9.84 Å². The Morgan fingerprint density at radius 2 is 2.35 bits per heavy atom. The Morgan fingerprint density at radius 1 is 1.65 bits per heavy atom. The molecule has 2 aromatic heterocycles. The van der Waals surface area contributed by atoms with E-state index in [0.29, 0.717) is 0 Å². The number of nitrogens with zero attached hydrogens (tertiary/aromatic N) is 1. The third-order valence-electron chi connectivity index (χ3n) is 2.23. The molecule has 0 bridgehead atoms. The van der Waals surface area contributed by atoms with Crippen molar-refractivity contribution in [2.45, 2.75) is 6.92 Å². The Hall–Kier alpha value is -1.95.